The summed E-state index contributed by atoms with van der Waals surface area (Å²) in [5.74, 6) is 0.166. The molecule has 0 N–H and O–H groups in total. The summed E-state index contributed by atoms with van der Waals surface area (Å²) < 4.78 is 21.0. The molecule has 0 saturated heterocycles. The van der Waals surface area contributed by atoms with E-state index in [4.69, 9.17) is 9.47 Å². The zero-order chi connectivity index (χ0) is 25.2. The summed E-state index contributed by atoms with van der Waals surface area (Å²) in [5.41, 5.74) is 4.43. The van der Waals surface area contributed by atoms with Crippen molar-refractivity contribution >= 4 is 51.8 Å². The Labute approximate surface area is 208 Å². The number of aromatic nitrogens is 3. The molecular formula is C25H18N4O6S. The van der Waals surface area contributed by atoms with Crippen molar-refractivity contribution in [3.8, 4) is 17.0 Å². The van der Waals surface area contributed by atoms with E-state index >= 15 is 0 Å². The lowest BCUT2D eigenvalue weighted by atomic mass is 10.0. The molecule has 36 heavy (non-hydrogen) atoms. The molecule has 0 saturated carbocycles. The molecule has 5 aromatic rings. The molecule has 0 unspecified atom stereocenters. The predicted molar refractivity (Wildman–Crippen MR) is 134 cm³/mol. The van der Waals surface area contributed by atoms with Gasteiger partial charge in [-0.15, -0.1) is 0 Å². The summed E-state index contributed by atoms with van der Waals surface area (Å²) in [6.07, 6.45) is -0.182. The number of hydrogen-bond donors (Lipinski definition) is 0. The van der Waals surface area contributed by atoms with E-state index in [1.54, 1.807) is 41.8 Å². The number of nitrogens with zero attached hydrogens (tertiary/aromatic N) is 4. The van der Waals surface area contributed by atoms with E-state index in [1.165, 1.54) is 12.1 Å². The Morgan fingerprint density at radius 2 is 1.86 bits per heavy atom. The normalized spacial score (nSPS) is 11.0. The van der Waals surface area contributed by atoms with Gasteiger partial charge in [0.1, 0.15) is 17.3 Å². The van der Waals surface area contributed by atoms with Gasteiger partial charge in [0.2, 0.25) is 5.88 Å². The fourth-order valence-corrected chi connectivity index (χ4v) is 4.56. The molecule has 180 valence electrons. The highest BCUT2D eigenvalue weighted by molar-refractivity contribution is 7.00. The maximum Gasteiger partial charge on any atom is 0.515 e. The molecule has 0 aliphatic heterocycles. The minimum atomic E-state index is -0.902. The first-order chi connectivity index (χ1) is 17.5. The monoisotopic (exact) mass is 502 g/mol. The largest absolute Gasteiger partial charge is 0.515 e. The quantitative estimate of drug-likeness (QED) is 0.121. The first kappa shape index (κ1) is 23.1. The zero-order valence-corrected chi connectivity index (χ0v) is 19.7. The van der Waals surface area contributed by atoms with Gasteiger partial charge >= 0.3 is 6.16 Å². The Bertz CT molecular complexity index is 1620. The third kappa shape index (κ3) is 4.27. The van der Waals surface area contributed by atoms with Crippen LogP contribution in [0.5, 0.6) is 5.88 Å². The van der Waals surface area contributed by atoms with E-state index in [9.17, 15) is 19.7 Å². The molecule has 0 aliphatic rings. The van der Waals surface area contributed by atoms with Crippen LogP contribution in [0.2, 0.25) is 0 Å². The van der Waals surface area contributed by atoms with Crippen molar-refractivity contribution in [3.05, 3.63) is 81.9 Å². The molecule has 0 bridgehead atoms. The summed E-state index contributed by atoms with van der Waals surface area (Å²) in [7, 11) is 0. The SMILES string of the molecule is CCOC(=O)Oc1c(-c2ccc(C=O)cc2)c2cc([N+](=O)[O-])ccc2n1Cc1ccc2nsnc2c1. The number of fused-ring (bicyclic) bond motifs is 2. The van der Waals surface area contributed by atoms with E-state index in [-0.39, 0.29) is 24.7 Å². The van der Waals surface area contributed by atoms with Crippen LogP contribution in [0.4, 0.5) is 10.5 Å². The van der Waals surface area contributed by atoms with Gasteiger partial charge in [0.05, 0.1) is 40.9 Å². The Balaban J connectivity index is 1.76. The number of rotatable bonds is 7. The van der Waals surface area contributed by atoms with Crippen molar-refractivity contribution in [2.75, 3.05) is 6.61 Å². The second kappa shape index (κ2) is 9.55. The second-order valence-corrected chi connectivity index (χ2v) is 8.37. The Morgan fingerprint density at radius 1 is 1.08 bits per heavy atom. The molecule has 10 nitrogen and oxygen atoms in total. The highest BCUT2D eigenvalue weighted by Crippen LogP contribution is 2.42. The molecule has 5 rings (SSSR count). The number of benzene rings is 3. The summed E-state index contributed by atoms with van der Waals surface area (Å²) in [5, 5.41) is 12.1. The van der Waals surface area contributed by atoms with Crippen LogP contribution < -0.4 is 4.74 Å². The highest BCUT2D eigenvalue weighted by Gasteiger charge is 2.25. The van der Waals surface area contributed by atoms with E-state index in [2.05, 4.69) is 8.75 Å². The Morgan fingerprint density at radius 3 is 2.58 bits per heavy atom. The number of hydrogen-bond acceptors (Lipinski definition) is 9. The van der Waals surface area contributed by atoms with E-state index in [0.717, 1.165) is 34.6 Å². The summed E-state index contributed by atoms with van der Waals surface area (Å²) >= 11 is 1.11. The van der Waals surface area contributed by atoms with Crippen molar-refractivity contribution in [1.82, 2.24) is 13.3 Å². The van der Waals surface area contributed by atoms with Gasteiger partial charge in [0.25, 0.3) is 5.69 Å². The lowest BCUT2D eigenvalue weighted by Crippen LogP contribution is -2.14. The van der Waals surface area contributed by atoms with Crippen LogP contribution >= 0.6 is 11.7 Å². The Kier molecular flexibility index (Phi) is 6.13. The minimum absolute atomic E-state index is 0.108. The fraction of sp³-hybridized carbons (Fsp3) is 0.120. The molecule has 2 heterocycles. The molecular weight excluding hydrogens is 484 g/mol. The van der Waals surface area contributed by atoms with Gasteiger partial charge in [-0.25, -0.2) is 4.79 Å². The second-order valence-electron chi connectivity index (χ2n) is 7.84. The predicted octanol–water partition coefficient (Wildman–Crippen LogP) is 5.62. The van der Waals surface area contributed by atoms with Gasteiger partial charge in [-0.05, 0) is 36.2 Å². The van der Waals surface area contributed by atoms with E-state index < -0.39 is 11.1 Å². The zero-order valence-electron chi connectivity index (χ0n) is 18.9. The maximum atomic E-state index is 12.5. The molecule has 0 aliphatic carbocycles. The van der Waals surface area contributed by atoms with E-state index in [0.29, 0.717) is 27.6 Å². The topological polar surface area (TPSA) is 126 Å². The number of carbonyl (C=O) groups excluding carboxylic acids is 2. The summed E-state index contributed by atoms with van der Waals surface area (Å²) in [6, 6.07) is 16.8. The highest BCUT2D eigenvalue weighted by atomic mass is 32.1. The van der Waals surface area contributed by atoms with Crippen LogP contribution in [-0.4, -0.2) is 37.3 Å². The van der Waals surface area contributed by atoms with Crippen molar-refractivity contribution in [1.29, 1.82) is 0 Å². The average molecular weight is 503 g/mol. The van der Waals surface area contributed by atoms with Crippen LogP contribution in [0.25, 0.3) is 33.1 Å². The van der Waals surface area contributed by atoms with Gasteiger partial charge < -0.3 is 14.0 Å². The van der Waals surface area contributed by atoms with Gasteiger partial charge in [-0.3, -0.25) is 14.9 Å². The molecule has 2 aromatic heterocycles. The van der Waals surface area contributed by atoms with Crippen LogP contribution in [0.3, 0.4) is 0 Å². The standard InChI is InChI=1S/C25H18N4O6S/c1-2-34-25(31)35-24-23(17-6-3-15(14-30)4-7-17)19-12-18(29(32)33)8-10-22(19)28(24)13-16-5-9-20-21(11-16)27-36-26-20/h3-12,14H,2,13H2,1H3. The Hall–Kier alpha value is -4.64. The average Bonchev–Trinajstić information content (AvgIpc) is 3.46. The molecule has 3 aromatic carbocycles. The molecule has 0 amide bonds. The van der Waals surface area contributed by atoms with Crippen molar-refractivity contribution in [2.45, 2.75) is 13.5 Å². The first-order valence-corrected chi connectivity index (χ1v) is 11.6. The third-order valence-corrected chi connectivity index (χ3v) is 6.20. The smallest absolute Gasteiger partial charge is 0.434 e. The van der Waals surface area contributed by atoms with Gasteiger partial charge in [0, 0.05) is 23.1 Å². The number of carbonyl (C=O) groups is 2. The van der Waals surface area contributed by atoms with Crippen LogP contribution in [0.1, 0.15) is 22.8 Å². The summed E-state index contributed by atoms with van der Waals surface area (Å²) in [4.78, 5) is 34.7. The lowest BCUT2D eigenvalue weighted by molar-refractivity contribution is -0.384. The number of aldehydes is 1. The summed E-state index contributed by atoms with van der Waals surface area (Å²) in [6.45, 7) is 2.06. The van der Waals surface area contributed by atoms with Gasteiger partial charge in [-0.2, -0.15) is 8.75 Å². The van der Waals surface area contributed by atoms with Crippen molar-refractivity contribution < 1.29 is 24.0 Å². The molecule has 11 heteroatoms. The minimum Gasteiger partial charge on any atom is -0.434 e. The van der Waals surface area contributed by atoms with Gasteiger partial charge in [0.15, 0.2) is 0 Å². The number of non-ortho nitro benzene ring substituents is 1. The molecule has 0 atom stereocenters. The maximum absolute atomic E-state index is 12.5. The van der Waals surface area contributed by atoms with E-state index in [1.807, 2.05) is 18.2 Å². The van der Waals surface area contributed by atoms with Crippen LogP contribution in [-0.2, 0) is 11.3 Å². The van der Waals surface area contributed by atoms with Crippen LogP contribution in [0.15, 0.2) is 60.7 Å². The van der Waals surface area contributed by atoms with Gasteiger partial charge in [-0.1, -0.05) is 30.3 Å². The molecule has 0 radical (unpaired) electrons. The number of nitro groups is 1. The number of ether oxygens (including phenoxy) is 2. The van der Waals surface area contributed by atoms with Crippen molar-refractivity contribution in [2.24, 2.45) is 0 Å². The molecule has 0 spiro atoms. The third-order valence-electron chi connectivity index (χ3n) is 5.65. The first-order valence-electron chi connectivity index (χ1n) is 10.9. The lowest BCUT2D eigenvalue weighted by Gasteiger charge is -2.12. The fourth-order valence-electron chi connectivity index (χ4n) is 4.04. The van der Waals surface area contributed by atoms with Crippen molar-refractivity contribution in [3.63, 3.8) is 0 Å². The molecule has 0 fully saturated rings. The number of nitro benzene ring substituents is 1. The van der Waals surface area contributed by atoms with Crippen LogP contribution in [0, 0.1) is 10.1 Å².